The van der Waals surface area contributed by atoms with E-state index in [4.69, 9.17) is 24.8 Å². The molecule has 1 heterocycles. The number of hydrogen-bond acceptors (Lipinski definition) is 8. The molecule has 0 aliphatic carbocycles. The second-order valence-electron chi connectivity index (χ2n) is 4.23. The predicted molar refractivity (Wildman–Crippen MR) is 52.6 cm³/mol. The van der Waals surface area contributed by atoms with Gasteiger partial charge in [-0.25, -0.2) is 0 Å². The molecule has 1 aliphatic heterocycles. The molecule has 1 aliphatic rings. The van der Waals surface area contributed by atoms with E-state index in [1.54, 1.807) is 0 Å². The van der Waals surface area contributed by atoms with Crippen molar-refractivity contribution in [2.45, 2.75) is 43.4 Å². The fourth-order valence-corrected chi connectivity index (χ4v) is 1.45. The minimum atomic E-state index is -2.11. The van der Waals surface area contributed by atoms with E-state index in [1.807, 2.05) is 0 Å². The lowest BCUT2D eigenvalue weighted by atomic mass is 9.99. The van der Waals surface area contributed by atoms with Crippen molar-refractivity contribution in [3.05, 3.63) is 0 Å². The second-order valence-corrected chi connectivity index (χ2v) is 4.23. The van der Waals surface area contributed by atoms with Gasteiger partial charge in [0.2, 0.25) is 0 Å². The van der Waals surface area contributed by atoms with Gasteiger partial charge >= 0.3 is 0 Å². The van der Waals surface area contributed by atoms with Crippen LogP contribution in [-0.2, 0) is 9.47 Å². The van der Waals surface area contributed by atoms with Crippen LogP contribution in [0.1, 0.15) is 6.92 Å². The van der Waals surface area contributed by atoms with Crippen molar-refractivity contribution in [1.82, 2.24) is 0 Å². The van der Waals surface area contributed by atoms with Gasteiger partial charge in [-0.05, 0) is 6.92 Å². The van der Waals surface area contributed by atoms with Gasteiger partial charge in [0.1, 0.15) is 31.0 Å². The highest BCUT2D eigenvalue weighted by atomic mass is 16.7. The molecule has 0 aromatic carbocycles. The van der Waals surface area contributed by atoms with Crippen molar-refractivity contribution in [3.8, 4) is 0 Å². The van der Waals surface area contributed by atoms with Gasteiger partial charge in [-0.15, -0.1) is 0 Å². The number of aliphatic hydroxyl groups is 6. The molecular formula is C9H18O8. The summed E-state index contributed by atoms with van der Waals surface area (Å²) in [7, 11) is 0. The summed E-state index contributed by atoms with van der Waals surface area (Å²) in [6, 6.07) is 0. The third-order valence-electron chi connectivity index (χ3n) is 2.37. The van der Waals surface area contributed by atoms with E-state index in [0.29, 0.717) is 0 Å². The Hall–Kier alpha value is -0.320. The summed E-state index contributed by atoms with van der Waals surface area (Å²) in [5.41, 5.74) is 0. The third-order valence-corrected chi connectivity index (χ3v) is 2.37. The predicted octanol–water partition coefficient (Wildman–Crippen LogP) is -3.50. The van der Waals surface area contributed by atoms with Crippen molar-refractivity contribution in [3.63, 3.8) is 0 Å². The Labute approximate surface area is 97.6 Å². The maximum atomic E-state index is 9.51. The summed E-state index contributed by atoms with van der Waals surface area (Å²) >= 11 is 0. The van der Waals surface area contributed by atoms with Crippen LogP contribution in [-0.4, -0.2) is 80.3 Å². The van der Waals surface area contributed by atoms with Crippen LogP contribution >= 0.6 is 0 Å². The average molecular weight is 254 g/mol. The van der Waals surface area contributed by atoms with Gasteiger partial charge in [-0.1, -0.05) is 0 Å². The zero-order chi connectivity index (χ0) is 13.2. The number of hydrogen-bond donors (Lipinski definition) is 6. The zero-order valence-corrected chi connectivity index (χ0v) is 9.30. The Morgan fingerprint density at radius 1 is 1.12 bits per heavy atom. The summed E-state index contributed by atoms with van der Waals surface area (Å²) in [5, 5.41) is 55.3. The summed E-state index contributed by atoms with van der Waals surface area (Å²) < 4.78 is 9.83. The molecule has 5 unspecified atom stereocenters. The van der Waals surface area contributed by atoms with Gasteiger partial charge < -0.3 is 40.1 Å². The Morgan fingerprint density at radius 3 is 2.18 bits per heavy atom. The average Bonchev–Trinajstić information content (AvgIpc) is 2.24. The molecule has 0 spiro atoms. The van der Waals surface area contributed by atoms with E-state index in [-0.39, 0.29) is 0 Å². The number of rotatable bonds is 4. The van der Waals surface area contributed by atoms with E-state index in [0.717, 1.165) is 6.92 Å². The van der Waals surface area contributed by atoms with Crippen molar-refractivity contribution >= 4 is 0 Å². The lowest BCUT2D eigenvalue weighted by molar-refractivity contribution is -0.319. The Morgan fingerprint density at radius 2 is 1.71 bits per heavy atom. The molecular weight excluding hydrogens is 236 g/mol. The summed E-state index contributed by atoms with van der Waals surface area (Å²) in [5.74, 6) is -2.11. The van der Waals surface area contributed by atoms with Gasteiger partial charge in [0.25, 0.3) is 0 Å². The molecule has 0 bridgehead atoms. The summed E-state index contributed by atoms with van der Waals surface area (Å²) in [4.78, 5) is 0. The zero-order valence-electron chi connectivity index (χ0n) is 9.30. The van der Waals surface area contributed by atoms with Crippen LogP contribution in [0.15, 0.2) is 0 Å². The minimum absolute atomic E-state index is 0.560. The maximum Gasteiger partial charge on any atom is 0.186 e. The molecule has 1 fully saturated rings. The summed E-state index contributed by atoms with van der Waals surface area (Å²) in [6.45, 7) is -0.0625. The maximum absolute atomic E-state index is 9.51. The van der Waals surface area contributed by atoms with Crippen molar-refractivity contribution in [2.24, 2.45) is 0 Å². The normalized spacial score (nSPS) is 39.4. The Balaban J connectivity index is 2.59. The van der Waals surface area contributed by atoms with Crippen molar-refractivity contribution < 1.29 is 40.1 Å². The lowest BCUT2D eigenvalue weighted by Gasteiger charge is -2.40. The molecule has 5 atom stereocenters. The first-order valence-corrected chi connectivity index (χ1v) is 5.13. The largest absolute Gasteiger partial charge is 0.394 e. The van der Waals surface area contributed by atoms with E-state index >= 15 is 0 Å². The van der Waals surface area contributed by atoms with Crippen LogP contribution in [0.4, 0.5) is 0 Å². The van der Waals surface area contributed by atoms with Crippen LogP contribution in [0.3, 0.4) is 0 Å². The molecule has 0 radical (unpaired) electrons. The van der Waals surface area contributed by atoms with Crippen LogP contribution in [0.25, 0.3) is 0 Å². The molecule has 1 rings (SSSR count). The highest BCUT2D eigenvalue weighted by molar-refractivity contribution is 4.88. The molecule has 1 saturated heterocycles. The fraction of sp³-hybridized carbons (Fsp3) is 1.00. The minimum Gasteiger partial charge on any atom is -0.394 e. The molecule has 0 saturated carbocycles. The number of aliphatic hydroxyl groups excluding tert-OH is 4. The van der Waals surface area contributed by atoms with E-state index in [9.17, 15) is 15.3 Å². The summed E-state index contributed by atoms with van der Waals surface area (Å²) in [6.07, 6.45) is -7.00. The fourth-order valence-electron chi connectivity index (χ4n) is 1.45. The number of ether oxygens (including phenoxy) is 2. The van der Waals surface area contributed by atoms with Gasteiger partial charge in [-0.3, -0.25) is 0 Å². The highest BCUT2D eigenvalue weighted by Crippen LogP contribution is 2.22. The monoisotopic (exact) mass is 254 g/mol. The van der Waals surface area contributed by atoms with Crippen molar-refractivity contribution in [2.75, 3.05) is 13.2 Å². The molecule has 102 valence electrons. The van der Waals surface area contributed by atoms with E-state index in [1.165, 1.54) is 0 Å². The Bertz CT molecular complexity index is 238. The molecule has 0 aromatic heterocycles. The van der Waals surface area contributed by atoms with Crippen LogP contribution in [0.5, 0.6) is 0 Å². The Kier molecular flexibility index (Phi) is 4.81. The van der Waals surface area contributed by atoms with Crippen molar-refractivity contribution in [1.29, 1.82) is 0 Å². The SMILES string of the molecule is CC(O)(O)COC1OC(CO)C(O)C(O)C1O. The lowest BCUT2D eigenvalue weighted by Crippen LogP contribution is -2.59. The van der Waals surface area contributed by atoms with Gasteiger partial charge in [0, 0.05) is 0 Å². The topological polar surface area (TPSA) is 140 Å². The van der Waals surface area contributed by atoms with Gasteiger partial charge in [-0.2, -0.15) is 0 Å². The molecule has 17 heavy (non-hydrogen) atoms. The van der Waals surface area contributed by atoms with E-state index < -0.39 is 49.7 Å². The first-order chi connectivity index (χ1) is 7.76. The molecule has 8 heteroatoms. The van der Waals surface area contributed by atoms with Crippen LogP contribution < -0.4 is 0 Å². The molecule has 0 aromatic rings. The molecule has 6 N–H and O–H groups in total. The van der Waals surface area contributed by atoms with E-state index in [2.05, 4.69) is 0 Å². The van der Waals surface area contributed by atoms with Crippen LogP contribution in [0.2, 0.25) is 0 Å². The third kappa shape index (κ3) is 3.83. The molecule has 0 amide bonds. The highest BCUT2D eigenvalue weighted by Gasteiger charge is 2.44. The quantitative estimate of drug-likeness (QED) is 0.284. The van der Waals surface area contributed by atoms with Gasteiger partial charge in [0.05, 0.1) is 6.61 Å². The van der Waals surface area contributed by atoms with Gasteiger partial charge in [0.15, 0.2) is 12.1 Å². The first-order valence-electron chi connectivity index (χ1n) is 5.13. The standard InChI is InChI=1S/C9H18O8/c1-9(14,15)3-16-8-7(13)6(12)5(11)4(2-10)17-8/h4-8,10-15H,2-3H2,1H3. The smallest absolute Gasteiger partial charge is 0.186 e. The van der Waals surface area contributed by atoms with Crippen LogP contribution in [0, 0.1) is 0 Å². The molecule has 8 nitrogen and oxygen atoms in total. The first kappa shape index (κ1) is 14.7. The second kappa shape index (κ2) is 5.55.